The molecule has 0 atom stereocenters. The van der Waals surface area contributed by atoms with Crippen LogP contribution >= 0.6 is 0 Å². The Balaban J connectivity index is -0.0000000136. The van der Waals surface area contributed by atoms with Gasteiger partial charge in [0.1, 0.15) is 0 Å². The molecule has 0 aromatic carbocycles. The van der Waals surface area contributed by atoms with Crippen LogP contribution in [0.1, 0.15) is 26.7 Å². The minimum atomic E-state index is -1.61. The molecule has 0 aliphatic rings. The maximum Gasteiger partial charge on any atom is 3.00 e. The van der Waals surface area contributed by atoms with Gasteiger partial charge in [0.25, 0.3) is 0 Å². The number of terminal acetylenes is 1. The van der Waals surface area contributed by atoms with E-state index in [2.05, 4.69) is 45.5 Å². The topological polar surface area (TPSA) is 236 Å². The monoisotopic (exact) mass is 1050 g/mol. The second-order valence-corrected chi connectivity index (χ2v) is 46.2. The normalized spacial score (nSPS) is 8.58. The van der Waals surface area contributed by atoms with Crippen molar-refractivity contribution in [2.75, 3.05) is 6.61 Å². The summed E-state index contributed by atoms with van der Waals surface area (Å²) >= 11 is 0. The maximum absolute atomic E-state index is 8.66. The van der Waals surface area contributed by atoms with Crippen LogP contribution in [0.15, 0.2) is 0 Å². The molecule has 0 aliphatic heterocycles. The second-order valence-electron chi connectivity index (χ2n) is 16.3. The van der Waals surface area contributed by atoms with Gasteiger partial charge in [-0.1, -0.05) is 39.5 Å². The maximum atomic E-state index is 8.66. The van der Waals surface area contributed by atoms with Gasteiger partial charge >= 0.3 is 17.1 Å². The summed E-state index contributed by atoms with van der Waals surface area (Å²) in [6.45, 7) is 45.3. The molecule has 0 spiro atoms. The van der Waals surface area contributed by atoms with Crippen LogP contribution in [-0.4, -0.2) is 116 Å². The smallest absolute Gasteiger partial charge is 0.435 e. The van der Waals surface area contributed by atoms with Gasteiger partial charge in [-0.15, -0.1) is 12.3 Å². The number of aliphatic hydroxyl groups is 1. The molecular formula is C31H99Fe4O10Si7. The zero-order chi connectivity index (χ0) is 37.4. The van der Waals surface area contributed by atoms with Gasteiger partial charge in [-0.3, -0.25) is 0 Å². The fourth-order valence-corrected chi connectivity index (χ4v) is 0.158. The third-order valence-corrected chi connectivity index (χ3v) is 0.512. The van der Waals surface area contributed by atoms with E-state index in [0.29, 0.717) is 6.61 Å². The molecule has 13 N–H and O–H groups in total. The zero-order valence-corrected chi connectivity index (χ0v) is 50.4. The molecule has 1 radical (unpaired) electrons. The van der Waals surface area contributed by atoms with E-state index in [1.165, 1.54) is 0 Å². The molecule has 0 amide bonds. The standard InChI is InChI=1S/C4H10O.C4H12Si.5C3H10OSi.C3H4.C2H8OSi.3CH3.4Fe.3H2O/c1-2-3-4-5;6*1-5(2,3)4;1-3-2;1-4(2)3;;;;;;;;;;/h5H,2-4H2,1H3;1-4H3;5*4H,1-3H3;1H,2H3;3-4H,1-2H3;3*1H3;;;;;3*1H2/q;;;;;;;;;3*-1;;;;+3;;;. The van der Waals surface area contributed by atoms with Crippen LogP contribution in [0.25, 0.3) is 0 Å². The predicted molar refractivity (Wildman–Crippen MR) is 245 cm³/mol. The van der Waals surface area contributed by atoms with E-state index in [4.69, 9.17) is 33.9 Å². The van der Waals surface area contributed by atoms with Crippen molar-refractivity contribution in [1.29, 1.82) is 0 Å². The predicted octanol–water partition coefficient (Wildman–Crippen LogP) is 6.27. The molecular weight excluding hydrogens is 952 g/mol. The summed E-state index contributed by atoms with van der Waals surface area (Å²) in [5.41, 5.74) is 0. The molecule has 21 heteroatoms. The van der Waals surface area contributed by atoms with Gasteiger partial charge in [0.15, 0.2) is 50.6 Å². The summed E-state index contributed by atoms with van der Waals surface area (Å²) < 4.78 is 0. The number of unbranched alkanes of at least 4 members (excludes halogenated alkanes) is 1. The van der Waals surface area contributed by atoms with Crippen molar-refractivity contribution in [2.45, 2.75) is 164 Å². The molecule has 10 nitrogen and oxygen atoms in total. The van der Waals surface area contributed by atoms with Gasteiger partial charge in [-0.2, -0.15) is 0 Å². The molecule has 0 saturated heterocycles. The van der Waals surface area contributed by atoms with E-state index in [9.17, 15) is 0 Å². The van der Waals surface area contributed by atoms with Gasteiger partial charge in [0.05, 0.1) is 0 Å². The molecule has 0 fully saturated rings. The van der Waals surface area contributed by atoms with E-state index in [0.717, 1.165) is 12.8 Å². The molecule has 343 valence electrons. The van der Waals surface area contributed by atoms with Crippen LogP contribution in [0.4, 0.5) is 0 Å². The number of hydrogen-bond acceptors (Lipinski definition) is 7. The first-order valence-corrected chi connectivity index (χ1v) is 38.9. The molecule has 0 aromatic rings. The summed E-state index contributed by atoms with van der Waals surface area (Å²) in [7, 11) is -9.81. The average molecular weight is 1050 g/mol. The van der Waals surface area contributed by atoms with Crippen molar-refractivity contribution in [3.63, 3.8) is 0 Å². The van der Waals surface area contributed by atoms with Gasteiger partial charge in [-0.25, -0.2) is 0 Å². The Hall–Kier alpha value is 2.76. The summed E-state index contributed by atoms with van der Waals surface area (Å²) in [5, 5.41) is 8.07. The molecule has 52 heavy (non-hydrogen) atoms. The van der Waals surface area contributed by atoms with Crippen LogP contribution in [0.5, 0.6) is 0 Å². The van der Waals surface area contributed by atoms with E-state index in [-0.39, 0.29) is 107 Å². The van der Waals surface area contributed by atoms with Crippen molar-refractivity contribution in [1.82, 2.24) is 0 Å². The Morgan fingerprint density at radius 3 is 0.558 bits per heavy atom. The third kappa shape index (κ3) is 6250. The van der Waals surface area contributed by atoms with E-state index >= 15 is 0 Å². The number of rotatable bonds is 2. The first-order valence-electron chi connectivity index (χ1n) is 14.8. The molecule has 0 saturated carbocycles. The van der Waals surface area contributed by atoms with Gasteiger partial charge in [0.2, 0.25) is 0 Å². The van der Waals surface area contributed by atoms with E-state index in [1.807, 2.05) is 111 Å². The van der Waals surface area contributed by atoms with Gasteiger partial charge in [0, 0.05) is 65.9 Å². The zero-order valence-electron chi connectivity index (χ0n) is 38.8. The van der Waals surface area contributed by atoms with Crippen LogP contribution in [0.2, 0.25) is 137 Å². The Kier molecular flexibility index (Phi) is 170. The first kappa shape index (κ1) is 124. The molecule has 0 unspecified atom stereocenters. The minimum absolute atomic E-state index is 0. The van der Waals surface area contributed by atoms with Gasteiger partial charge < -0.3 is 72.6 Å². The Labute approximate surface area is 379 Å². The van der Waals surface area contributed by atoms with Crippen molar-refractivity contribution in [2.24, 2.45) is 0 Å². The van der Waals surface area contributed by atoms with E-state index < -0.39 is 58.7 Å². The SMILES string of the molecule is C#CC.CCCCO.C[SiH](C)O.C[Si](C)(C)C.C[Si](C)(C)O.C[Si](C)(C)O.C[Si](C)(C)O.C[Si](C)(C)O.C[Si](C)(C)O.O.O.O.[CH3-].[CH3-].[CH3-].[Fe+3].[Fe].[Fe].[Fe]. The van der Waals surface area contributed by atoms with Gasteiger partial charge in [-0.05, 0) is 125 Å². The van der Waals surface area contributed by atoms with Crippen LogP contribution < -0.4 is 0 Å². The summed E-state index contributed by atoms with van der Waals surface area (Å²) in [4.78, 5) is 51.5. The Morgan fingerprint density at radius 1 is 0.500 bits per heavy atom. The average Bonchev–Trinajstić information content (AvgIpc) is 2.45. The van der Waals surface area contributed by atoms with Crippen molar-refractivity contribution >= 4 is 58.7 Å². The Bertz CT molecular complexity index is 416. The summed E-state index contributed by atoms with van der Waals surface area (Å²) in [5.74, 6) is 2.25. The fraction of sp³-hybridized carbons (Fsp3) is 0.839. The first-order chi connectivity index (χ1) is 17.6. The molecule has 0 aromatic heterocycles. The number of aliphatic hydroxyl groups excluding tert-OH is 1. The van der Waals surface area contributed by atoms with E-state index in [1.54, 1.807) is 6.92 Å². The third-order valence-electron chi connectivity index (χ3n) is 0.512. The minimum Gasteiger partial charge on any atom is -0.435 e. The molecule has 0 aliphatic carbocycles. The summed E-state index contributed by atoms with van der Waals surface area (Å²) in [6.07, 6.45) is 6.64. The Morgan fingerprint density at radius 2 is 0.558 bits per heavy atom. The van der Waals surface area contributed by atoms with Crippen LogP contribution in [0, 0.1) is 34.6 Å². The second kappa shape index (κ2) is 71.5. The van der Waals surface area contributed by atoms with Crippen molar-refractivity contribution in [3.05, 3.63) is 22.3 Å². The molecule has 0 heterocycles. The molecule has 0 bridgehead atoms. The largest absolute Gasteiger partial charge is 3.00 e. The van der Waals surface area contributed by atoms with Crippen molar-refractivity contribution < 1.29 is 119 Å². The fourth-order valence-electron chi connectivity index (χ4n) is 0.158. The van der Waals surface area contributed by atoms with Crippen molar-refractivity contribution in [3.8, 4) is 12.3 Å². The quantitative estimate of drug-likeness (QED) is 0.0951. The van der Waals surface area contributed by atoms with Crippen LogP contribution in [0.3, 0.4) is 0 Å². The molecule has 0 rings (SSSR count). The number of hydrogen-bond donors (Lipinski definition) is 7. The van der Waals surface area contributed by atoms with Crippen LogP contribution in [-0.2, 0) is 68.3 Å². The summed E-state index contributed by atoms with van der Waals surface area (Å²) in [6, 6.07) is 0.